The highest BCUT2D eigenvalue weighted by Crippen LogP contribution is 2.29. The van der Waals surface area contributed by atoms with E-state index in [1.165, 1.54) is 17.5 Å². The summed E-state index contributed by atoms with van der Waals surface area (Å²) in [5, 5.41) is 3.47. The molecule has 0 atom stereocenters. The molecule has 2 aromatic rings. The van der Waals surface area contributed by atoms with Gasteiger partial charge in [-0.15, -0.1) is 0 Å². The smallest absolute Gasteiger partial charge is 0.161 e. The maximum Gasteiger partial charge on any atom is 0.161 e. The second kappa shape index (κ2) is 9.33. The zero-order chi connectivity index (χ0) is 17.4. The second-order valence-electron chi connectivity index (χ2n) is 6.62. The van der Waals surface area contributed by atoms with Crippen LogP contribution in [-0.4, -0.2) is 13.7 Å². The average Bonchev–Trinajstić information content (AvgIpc) is 2.57. The van der Waals surface area contributed by atoms with E-state index in [-0.39, 0.29) is 0 Å². The summed E-state index contributed by atoms with van der Waals surface area (Å²) in [5.74, 6) is 2.29. The molecule has 0 amide bonds. The van der Waals surface area contributed by atoms with Crippen LogP contribution >= 0.6 is 0 Å². The van der Waals surface area contributed by atoms with Crippen LogP contribution in [0.5, 0.6) is 11.5 Å². The van der Waals surface area contributed by atoms with Gasteiger partial charge in [0.25, 0.3) is 0 Å². The SMILES string of the molecule is COc1cc(CNCCC(C)C)ccc1OCc1cccc(C)c1. The van der Waals surface area contributed by atoms with Crippen LogP contribution in [0.15, 0.2) is 42.5 Å². The van der Waals surface area contributed by atoms with E-state index in [1.54, 1.807) is 7.11 Å². The Morgan fingerprint density at radius 3 is 2.54 bits per heavy atom. The summed E-state index contributed by atoms with van der Waals surface area (Å²) < 4.78 is 11.4. The molecule has 0 radical (unpaired) electrons. The molecule has 0 fully saturated rings. The molecule has 1 N–H and O–H groups in total. The van der Waals surface area contributed by atoms with E-state index in [4.69, 9.17) is 9.47 Å². The number of hydrogen-bond donors (Lipinski definition) is 1. The standard InChI is InChI=1S/C21H29NO2/c1-16(2)10-11-22-14-18-8-9-20(21(13-18)23-4)24-15-19-7-5-6-17(3)12-19/h5-9,12-13,16,22H,10-11,14-15H2,1-4H3. The number of ether oxygens (including phenoxy) is 2. The van der Waals surface area contributed by atoms with Gasteiger partial charge in [-0.25, -0.2) is 0 Å². The van der Waals surface area contributed by atoms with Crippen molar-refractivity contribution in [2.75, 3.05) is 13.7 Å². The van der Waals surface area contributed by atoms with E-state index >= 15 is 0 Å². The summed E-state index contributed by atoms with van der Waals surface area (Å²) >= 11 is 0. The van der Waals surface area contributed by atoms with Crippen molar-refractivity contribution in [2.45, 2.75) is 40.3 Å². The minimum atomic E-state index is 0.546. The van der Waals surface area contributed by atoms with Crippen molar-refractivity contribution < 1.29 is 9.47 Å². The lowest BCUT2D eigenvalue weighted by molar-refractivity contribution is 0.284. The van der Waals surface area contributed by atoms with Crippen molar-refractivity contribution in [3.63, 3.8) is 0 Å². The van der Waals surface area contributed by atoms with E-state index in [2.05, 4.69) is 56.4 Å². The van der Waals surface area contributed by atoms with Crippen LogP contribution in [0.1, 0.15) is 37.0 Å². The highest BCUT2D eigenvalue weighted by molar-refractivity contribution is 5.43. The number of nitrogens with one attached hydrogen (secondary N) is 1. The Kier molecular flexibility index (Phi) is 7.13. The first-order valence-electron chi connectivity index (χ1n) is 8.64. The number of benzene rings is 2. The molecule has 0 aliphatic rings. The number of aryl methyl sites for hydroxylation is 1. The Morgan fingerprint density at radius 1 is 1.00 bits per heavy atom. The summed E-state index contributed by atoms with van der Waals surface area (Å²) in [6.07, 6.45) is 1.19. The third kappa shape index (κ3) is 5.89. The molecule has 24 heavy (non-hydrogen) atoms. The van der Waals surface area contributed by atoms with Crippen molar-refractivity contribution in [3.05, 3.63) is 59.2 Å². The van der Waals surface area contributed by atoms with Gasteiger partial charge in [-0.1, -0.05) is 49.7 Å². The molecular weight excluding hydrogens is 298 g/mol. The third-order valence-corrected chi connectivity index (χ3v) is 3.93. The largest absolute Gasteiger partial charge is 0.493 e. The quantitative estimate of drug-likeness (QED) is 0.676. The van der Waals surface area contributed by atoms with Gasteiger partial charge in [0.1, 0.15) is 6.61 Å². The zero-order valence-electron chi connectivity index (χ0n) is 15.3. The Labute approximate surface area is 146 Å². The van der Waals surface area contributed by atoms with Crippen LogP contribution in [0.25, 0.3) is 0 Å². The molecule has 0 saturated carbocycles. The number of methoxy groups -OCH3 is 1. The van der Waals surface area contributed by atoms with Gasteiger partial charge >= 0.3 is 0 Å². The fourth-order valence-corrected chi connectivity index (χ4v) is 2.53. The Bertz CT molecular complexity index is 637. The van der Waals surface area contributed by atoms with E-state index in [9.17, 15) is 0 Å². The Hall–Kier alpha value is -2.00. The molecule has 0 aliphatic heterocycles. The van der Waals surface area contributed by atoms with E-state index in [1.807, 2.05) is 12.1 Å². The van der Waals surface area contributed by atoms with Gasteiger partial charge in [-0.2, -0.15) is 0 Å². The summed E-state index contributed by atoms with van der Waals surface area (Å²) in [6, 6.07) is 14.5. The maximum absolute atomic E-state index is 5.94. The molecule has 0 spiro atoms. The van der Waals surface area contributed by atoms with Crippen LogP contribution in [-0.2, 0) is 13.2 Å². The first-order valence-corrected chi connectivity index (χ1v) is 8.64. The van der Waals surface area contributed by atoms with Crippen LogP contribution < -0.4 is 14.8 Å². The highest BCUT2D eigenvalue weighted by atomic mass is 16.5. The fraction of sp³-hybridized carbons (Fsp3) is 0.429. The number of hydrogen-bond acceptors (Lipinski definition) is 3. The minimum absolute atomic E-state index is 0.546. The molecule has 3 heteroatoms. The molecule has 0 unspecified atom stereocenters. The van der Waals surface area contributed by atoms with E-state index in [0.29, 0.717) is 6.61 Å². The zero-order valence-corrected chi connectivity index (χ0v) is 15.3. The second-order valence-corrected chi connectivity index (χ2v) is 6.62. The first-order chi connectivity index (χ1) is 11.6. The molecule has 0 bridgehead atoms. The predicted molar refractivity (Wildman–Crippen MR) is 99.7 cm³/mol. The van der Waals surface area contributed by atoms with Crippen LogP contribution in [0.2, 0.25) is 0 Å². The van der Waals surface area contributed by atoms with Gasteiger partial charge in [0, 0.05) is 6.54 Å². The van der Waals surface area contributed by atoms with Crippen LogP contribution in [0, 0.1) is 12.8 Å². The molecule has 0 aliphatic carbocycles. The minimum Gasteiger partial charge on any atom is -0.493 e. The van der Waals surface area contributed by atoms with E-state index < -0.39 is 0 Å². The van der Waals surface area contributed by atoms with Gasteiger partial charge in [-0.05, 0) is 49.1 Å². The van der Waals surface area contributed by atoms with Crippen molar-refractivity contribution in [2.24, 2.45) is 5.92 Å². The van der Waals surface area contributed by atoms with Gasteiger partial charge in [0.15, 0.2) is 11.5 Å². The normalized spacial score (nSPS) is 10.9. The van der Waals surface area contributed by atoms with Crippen LogP contribution in [0.4, 0.5) is 0 Å². The maximum atomic E-state index is 5.94. The lowest BCUT2D eigenvalue weighted by Crippen LogP contribution is -2.16. The van der Waals surface area contributed by atoms with E-state index in [0.717, 1.165) is 36.1 Å². The highest BCUT2D eigenvalue weighted by Gasteiger charge is 2.06. The van der Waals surface area contributed by atoms with Crippen molar-refractivity contribution >= 4 is 0 Å². The van der Waals surface area contributed by atoms with Gasteiger partial charge < -0.3 is 14.8 Å². The average molecular weight is 327 g/mol. The Morgan fingerprint density at radius 2 is 1.83 bits per heavy atom. The predicted octanol–water partition coefficient (Wildman–Crippen LogP) is 4.72. The fourth-order valence-electron chi connectivity index (χ4n) is 2.53. The summed E-state index contributed by atoms with van der Waals surface area (Å²) in [7, 11) is 1.69. The Balaban J connectivity index is 1.93. The van der Waals surface area contributed by atoms with Crippen molar-refractivity contribution in [1.82, 2.24) is 5.32 Å². The lowest BCUT2D eigenvalue weighted by atomic mass is 10.1. The molecule has 0 saturated heterocycles. The summed E-state index contributed by atoms with van der Waals surface area (Å²) in [5.41, 5.74) is 3.61. The summed E-state index contributed by atoms with van der Waals surface area (Å²) in [6.45, 7) is 9.00. The van der Waals surface area contributed by atoms with Crippen LogP contribution in [0.3, 0.4) is 0 Å². The van der Waals surface area contributed by atoms with Gasteiger partial charge in [0.2, 0.25) is 0 Å². The third-order valence-electron chi connectivity index (χ3n) is 3.93. The molecule has 0 heterocycles. The molecule has 2 aromatic carbocycles. The molecule has 0 aromatic heterocycles. The van der Waals surface area contributed by atoms with Crippen molar-refractivity contribution in [3.8, 4) is 11.5 Å². The molecule has 2 rings (SSSR count). The lowest BCUT2D eigenvalue weighted by Gasteiger charge is -2.13. The monoisotopic (exact) mass is 327 g/mol. The molecule has 130 valence electrons. The van der Waals surface area contributed by atoms with Gasteiger partial charge in [0.05, 0.1) is 7.11 Å². The number of rotatable bonds is 9. The molecule has 3 nitrogen and oxygen atoms in total. The summed E-state index contributed by atoms with van der Waals surface area (Å²) in [4.78, 5) is 0. The molecular formula is C21H29NO2. The topological polar surface area (TPSA) is 30.5 Å². The van der Waals surface area contributed by atoms with Crippen molar-refractivity contribution in [1.29, 1.82) is 0 Å². The van der Waals surface area contributed by atoms with Gasteiger partial charge in [-0.3, -0.25) is 0 Å². The first kappa shape index (κ1) is 18.3.